The third-order valence-electron chi connectivity index (χ3n) is 2.49. The van der Waals surface area contributed by atoms with E-state index in [1.807, 2.05) is 32.6 Å². The van der Waals surface area contributed by atoms with Gasteiger partial charge in [-0.15, -0.1) is 0 Å². The highest BCUT2D eigenvalue weighted by Gasteiger charge is 2.13. The van der Waals surface area contributed by atoms with Gasteiger partial charge in [0.2, 0.25) is 11.2 Å². The average Bonchev–Trinajstić information content (AvgIpc) is 2.37. The highest BCUT2D eigenvalue weighted by atomic mass is 35.5. The van der Waals surface area contributed by atoms with Gasteiger partial charge in [0, 0.05) is 19.7 Å². The van der Waals surface area contributed by atoms with E-state index >= 15 is 0 Å². The Labute approximate surface area is 119 Å². The number of anilines is 1. The Morgan fingerprint density at radius 1 is 1.16 bits per heavy atom. The molecule has 1 aromatic rings. The first kappa shape index (κ1) is 15.9. The Morgan fingerprint density at radius 3 is 2.42 bits per heavy atom. The number of hydrogen-bond acceptors (Lipinski definition) is 6. The van der Waals surface area contributed by atoms with Gasteiger partial charge in [0.25, 0.3) is 0 Å². The molecule has 0 aromatic carbocycles. The quantitative estimate of drug-likeness (QED) is 0.731. The van der Waals surface area contributed by atoms with E-state index in [0.717, 1.165) is 13.1 Å². The Balaban J connectivity index is 2.78. The van der Waals surface area contributed by atoms with Crippen molar-refractivity contribution in [3.8, 4) is 6.01 Å². The van der Waals surface area contributed by atoms with Crippen LogP contribution in [0.25, 0.3) is 0 Å². The summed E-state index contributed by atoms with van der Waals surface area (Å²) in [5, 5.41) is 0.135. The summed E-state index contributed by atoms with van der Waals surface area (Å²) in [6, 6.07) is 0.231. The summed E-state index contributed by atoms with van der Waals surface area (Å²) in [5.41, 5.74) is 0. The first-order chi connectivity index (χ1) is 9.10. The summed E-state index contributed by atoms with van der Waals surface area (Å²) < 4.78 is 10.9. The maximum absolute atomic E-state index is 5.90. The van der Waals surface area contributed by atoms with Crippen molar-refractivity contribution in [1.29, 1.82) is 0 Å². The van der Waals surface area contributed by atoms with Crippen molar-refractivity contribution in [2.24, 2.45) is 0 Å². The molecule has 1 atom stereocenters. The SMILES string of the molecule is CCOCC(C)Oc1nc(Cl)nc(N(CC)CC)n1. The molecule has 1 unspecified atom stereocenters. The minimum absolute atomic E-state index is 0.135. The lowest BCUT2D eigenvalue weighted by Crippen LogP contribution is -2.26. The smallest absolute Gasteiger partial charge is 0.322 e. The number of rotatable bonds is 8. The molecule has 0 saturated heterocycles. The van der Waals surface area contributed by atoms with Crippen LogP contribution in [0, 0.1) is 0 Å². The van der Waals surface area contributed by atoms with E-state index in [0.29, 0.717) is 19.2 Å². The minimum Gasteiger partial charge on any atom is -0.458 e. The zero-order chi connectivity index (χ0) is 14.3. The maximum atomic E-state index is 5.90. The van der Waals surface area contributed by atoms with Crippen LogP contribution in [-0.2, 0) is 4.74 Å². The van der Waals surface area contributed by atoms with Gasteiger partial charge in [-0.2, -0.15) is 15.0 Å². The third-order valence-corrected chi connectivity index (χ3v) is 2.65. The molecule has 108 valence electrons. The van der Waals surface area contributed by atoms with Crippen LogP contribution in [0.5, 0.6) is 6.01 Å². The zero-order valence-electron chi connectivity index (χ0n) is 11.9. The van der Waals surface area contributed by atoms with Crippen LogP contribution < -0.4 is 9.64 Å². The molecule has 0 aliphatic heterocycles. The summed E-state index contributed by atoms with van der Waals surface area (Å²) in [6.07, 6.45) is -0.136. The lowest BCUT2D eigenvalue weighted by atomic mass is 10.4. The van der Waals surface area contributed by atoms with Crippen LogP contribution in [0.4, 0.5) is 5.95 Å². The Bertz CT molecular complexity index is 388. The topological polar surface area (TPSA) is 60.4 Å². The van der Waals surface area contributed by atoms with E-state index < -0.39 is 0 Å². The average molecular weight is 289 g/mol. The van der Waals surface area contributed by atoms with Crippen molar-refractivity contribution in [3.63, 3.8) is 0 Å². The number of hydrogen-bond donors (Lipinski definition) is 0. The zero-order valence-corrected chi connectivity index (χ0v) is 12.6. The maximum Gasteiger partial charge on any atom is 0.322 e. The summed E-state index contributed by atoms with van der Waals surface area (Å²) in [7, 11) is 0. The van der Waals surface area contributed by atoms with Gasteiger partial charge in [-0.3, -0.25) is 0 Å². The van der Waals surface area contributed by atoms with E-state index in [1.54, 1.807) is 0 Å². The number of ether oxygens (including phenoxy) is 2. The molecule has 0 spiro atoms. The van der Waals surface area contributed by atoms with Crippen LogP contribution in [0.2, 0.25) is 5.28 Å². The van der Waals surface area contributed by atoms with Crippen LogP contribution in [0.3, 0.4) is 0 Å². The molecule has 0 N–H and O–H groups in total. The van der Waals surface area contributed by atoms with E-state index in [1.165, 1.54) is 0 Å². The van der Waals surface area contributed by atoms with Gasteiger partial charge < -0.3 is 14.4 Å². The van der Waals surface area contributed by atoms with Crippen LogP contribution in [0.15, 0.2) is 0 Å². The van der Waals surface area contributed by atoms with Gasteiger partial charge in [0.15, 0.2) is 0 Å². The first-order valence-electron chi connectivity index (χ1n) is 6.51. The lowest BCUT2D eigenvalue weighted by Gasteiger charge is -2.19. The molecule has 1 heterocycles. The van der Waals surface area contributed by atoms with Gasteiger partial charge in [-0.1, -0.05) is 0 Å². The fourth-order valence-electron chi connectivity index (χ4n) is 1.52. The third kappa shape index (κ3) is 5.16. The normalized spacial score (nSPS) is 12.3. The summed E-state index contributed by atoms with van der Waals surface area (Å²) in [4.78, 5) is 14.3. The fourth-order valence-corrected chi connectivity index (χ4v) is 1.67. The van der Waals surface area contributed by atoms with Crippen molar-refractivity contribution >= 4 is 17.5 Å². The monoisotopic (exact) mass is 288 g/mol. The van der Waals surface area contributed by atoms with Gasteiger partial charge in [0.1, 0.15) is 6.10 Å². The Morgan fingerprint density at radius 2 is 1.84 bits per heavy atom. The second-order valence-electron chi connectivity index (χ2n) is 3.95. The molecular formula is C12H21ClN4O2. The molecular weight excluding hydrogens is 268 g/mol. The number of nitrogens with zero attached hydrogens (tertiary/aromatic N) is 4. The van der Waals surface area contributed by atoms with Gasteiger partial charge >= 0.3 is 6.01 Å². The molecule has 0 fully saturated rings. The van der Waals surface area contributed by atoms with E-state index in [4.69, 9.17) is 21.1 Å². The molecule has 0 radical (unpaired) electrons. The Hall–Kier alpha value is -1.14. The largest absolute Gasteiger partial charge is 0.458 e. The summed E-state index contributed by atoms with van der Waals surface area (Å²) in [6.45, 7) is 10.6. The second-order valence-corrected chi connectivity index (χ2v) is 4.29. The van der Waals surface area contributed by atoms with Crippen molar-refractivity contribution in [2.45, 2.75) is 33.8 Å². The molecule has 7 heteroatoms. The summed E-state index contributed by atoms with van der Waals surface area (Å²) >= 11 is 5.90. The van der Waals surface area contributed by atoms with Crippen molar-refractivity contribution < 1.29 is 9.47 Å². The highest BCUT2D eigenvalue weighted by Crippen LogP contribution is 2.15. The predicted molar refractivity (Wildman–Crippen MR) is 75.0 cm³/mol. The molecule has 0 aliphatic carbocycles. The molecule has 1 aromatic heterocycles. The first-order valence-corrected chi connectivity index (χ1v) is 6.89. The van der Waals surface area contributed by atoms with Gasteiger partial charge in [0.05, 0.1) is 6.61 Å². The molecule has 6 nitrogen and oxygen atoms in total. The molecule has 0 bridgehead atoms. The van der Waals surface area contributed by atoms with E-state index in [-0.39, 0.29) is 17.4 Å². The number of halogens is 1. The van der Waals surface area contributed by atoms with Crippen LogP contribution in [-0.4, -0.2) is 47.4 Å². The van der Waals surface area contributed by atoms with E-state index in [9.17, 15) is 0 Å². The van der Waals surface area contributed by atoms with E-state index in [2.05, 4.69) is 15.0 Å². The lowest BCUT2D eigenvalue weighted by molar-refractivity contribution is 0.0606. The van der Waals surface area contributed by atoms with Gasteiger partial charge in [-0.25, -0.2) is 0 Å². The van der Waals surface area contributed by atoms with Crippen LogP contribution >= 0.6 is 11.6 Å². The van der Waals surface area contributed by atoms with Crippen molar-refractivity contribution in [2.75, 3.05) is 31.2 Å². The molecule has 0 amide bonds. The van der Waals surface area contributed by atoms with Crippen molar-refractivity contribution in [3.05, 3.63) is 5.28 Å². The highest BCUT2D eigenvalue weighted by molar-refractivity contribution is 6.28. The molecule has 0 saturated carbocycles. The van der Waals surface area contributed by atoms with Crippen LogP contribution in [0.1, 0.15) is 27.7 Å². The standard InChI is InChI=1S/C12H21ClN4O2/c1-5-17(6-2)11-14-10(13)15-12(16-11)19-9(4)8-18-7-3/h9H,5-8H2,1-4H3. The molecule has 1 rings (SSSR count). The minimum atomic E-state index is -0.136. The molecule has 19 heavy (non-hydrogen) atoms. The predicted octanol–water partition coefficient (Wildman–Crippen LogP) is 2.17. The van der Waals surface area contributed by atoms with Gasteiger partial charge in [-0.05, 0) is 39.3 Å². The second kappa shape index (κ2) is 8.12. The fraction of sp³-hybridized carbons (Fsp3) is 0.750. The molecule has 0 aliphatic rings. The number of aromatic nitrogens is 3. The van der Waals surface area contributed by atoms with Crippen molar-refractivity contribution in [1.82, 2.24) is 15.0 Å². The summed E-state index contributed by atoms with van der Waals surface area (Å²) in [5.74, 6) is 0.531. The Kier molecular flexibility index (Phi) is 6.80.